The summed E-state index contributed by atoms with van der Waals surface area (Å²) in [6.07, 6.45) is 18.8. The van der Waals surface area contributed by atoms with E-state index < -0.39 is 0 Å². The third-order valence-corrected chi connectivity index (χ3v) is 4.99. The van der Waals surface area contributed by atoms with Crippen LogP contribution in [-0.2, 0) is 0 Å². The molecule has 18 heavy (non-hydrogen) atoms. The Morgan fingerprint density at radius 2 is 1.17 bits per heavy atom. The summed E-state index contributed by atoms with van der Waals surface area (Å²) in [5.41, 5.74) is 0.699. The van der Waals surface area contributed by atoms with E-state index in [1.54, 1.807) is 0 Å². The highest BCUT2D eigenvalue weighted by Crippen LogP contribution is 2.42. The van der Waals surface area contributed by atoms with E-state index >= 15 is 0 Å². The highest BCUT2D eigenvalue weighted by atomic mass is 15.1. The van der Waals surface area contributed by atoms with Crippen molar-refractivity contribution in [3.63, 3.8) is 0 Å². The van der Waals surface area contributed by atoms with Gasteiger partial charge < -0.3 is 5.32 Å². The van der Waals surface area contributed by atoms with Crippen molar-refractivity contribution in [2.24, 2.45) is 0 Å². The van der Waals surface area contributed by atoms with Crippen LogP contribution in [0.3, 0.4) is 0 Å². The molecule has 2 aliphatic rings. The molecule has 2 rings (SSSR count). The van der Waals surface area contributed by atoms with Gasteiger partial charge in [-0.05, 0) is 38.5 Å². The highest BCUT2D eigenvalue weighted by Gasteiger charge is 2.45. The lowest BCUT2D eigenvalue weighted by Crippen LogP contribution is -2.50. The third-order valence-electron chi connectivity index (χ3n) is 4.99. The molecule has 1 nitrogen and oxygen atoms in total. The minimum absolute atomic E-state index is 0.349. The molecule has 2 fully saturated rings. The largest absolute Gasteiger partial charge is 0.305 e. The van der Waals surface area contributed by atoms with E-state index in [0.717, 1.165) is 12.8 Å². The molecular formula is C17H29N. The van der Waals surface area contributed by atoms with E-state index in [-0.39, 0.29) is 0 Å². The Kier molecular flexibility index (Phi) is 4.66. The predicted molar refractivity (Wildman–Crippen MR) is 79.8 cm³/mol. The Balaban J connectivity index is 2.14. The van der Waals surface area contributed by atoms with Crippen LogP contribution in [0.1, 0.15) is 70.6 Å². The molecule has 0 saturated carbocycles. The van der Waals surface area contributed by atoms with Gasteiger partial charge in [0.2, 0.25) is 0 Å². The van der Waals surface area contributed by atoms with Crippen molar-refractivity contribution in [3.8, 4) is 0 Å². The molecule has 2 bridgehead atoms. The molecule has 2 heterocycles. The standard InChI is InChI=1S/C17H29N/c1-3-10-16-12-8-6-5-7-9-13-17(18-16,11-4-2)15-14-16/h3-4,18H,1-2,5-15H2. The van der Waals surface area contributed by atoms with E-state index in [1.807, 2.05) is 0 Å². The lowest BCUT2D eigenvalue weighted by molar-refractivity contribution is 0.247. The summed E-state index contributed by atoms with van der Waals surface area (Å²) >= 11 is 0. The van der Waals surface area contributed by atoms with Crippen LogP contribution in [0.15, 0.2) is 25.3 Å². The van der Waals surface area contributed by atoms with E-state index in [9.17, 15) is 0 Å². The van der Waals surface area contributed by atoms with Gasteiger partial charge in [-0.15, -0.1) is 13.2 Å². The second kappa shape index (κ2) is 6.06. The summed E-state index contributed by atoms with van der Waals surface area (Å²) in [7, 11) is 0. The van der Waals surface area contributed by atoms with Crippen LogP contribution >= 0.6 is 0 Å². The Hall–Kier alpha value is -0.560. The molecule has 0 spiro atoms. The van der Waals surface area contributed by atoms with Crippen molar-refractivity contribution in [2.75, 3.05) is 0 Å². The van der Waals surface area contributed by atoms with E-state index in [0.29, 0.717) is 11.1 Å². The molecule has 0 radical (unpaired) electrons. The van der Waals surface area contributed by atoms with E-state index in [1.165, 1.54) is 57.8 Å². The lowest BCUT2D eigenvalue weighted by Gasteiger charge is -2.37. The molecule has 102 valence electrons. The Morgan fingerprint density at radius 3 is 1.61 bits per heavy atom. The fourth-order valence-electron chi connectivity index (χ4n) is 4.06. The first-order valence-electron chi connectivity index (χ1n) is 7.75. The van der Waals surface area contributed by atoms with Crippen LogP contribution in [0, 0.1) is 0 Å². The van der Waals surface area contributed by atoms with Gasteiger partial charge in [-0.3, -0.25) is 0 Å². The van der Waals surface area contributed by atoms with Gasteiger partial charge in [0.05, 0.1) is 0 Å². The molecule has 0 aromatic heterocycles. The predicted octanol–water partition coefficient (Wildman–Crippen LogP) is 4.74. The SMILES string of the molecule is C=CCC12CCCCCCCC(CC=C)(CC1)N2. The van der Waals surface area contributed by atoms with Gasteiger partial charge in [0.15, 0.2) is 0 Å². The van der Waals surface area contributed by atoms with Crippen LogP contribution in [0.25, 0.3) is 0 Å². The van der Waals surface area contributed by atoms with Crippen molar-refractivity contribution >= 4 is 0 Å². The minimum atomic E-state index is 0.349. The molecule has 1 N–H and O–H groups in total. The highest BCUT2D eigenvalue weighted by molar-refractivity contribution is 5.10. The quantitative estimate of drug-likeness (QED) is 0.707. The summed E-state index contributed by atoms with van der Waals surface area (Å²) < 4.78 is 0. The number of fused-ring (bicyclic) bond motifs is 2. The molecule has 2 atom stereocenters. The first-order valence-corrected chi connectivity index (χ1v) is 7.75. The smallest absolute Gasteiger partial charge is 0.0221 e. The van der Waals surface area contributed by atoms with Crippen LogP contribution in [0.4, 0.5) is 0 Å². The lowest BCUT2D eigenvalue weighted by atomic mass is 9.87. The monoisotopic (exact) mass is 247 g/mol. The number of rotatable bonds is 4. The van der Waals surface area contributed by atoms with Gasteiger partial charge in [-0.1, -0.05) is 44.3 Å². The fourth-order valence-corrected chi connectivity index (χ4v) is 4.06. The number of hydrogen-bond acceptors (Lipinski definition) is 1. The molecule has 0 aromatic rings. The molecule has 2 unspecified atom stereocenters. The van der Waals surface area contributed by atoms with Crippen LogP contribution in [0.5, 0.6) is 0 Å². The van der Waals surface area contributed by atoms with Gasteiger partial charge in [-0.25, -0.2) is 0 Å². The Labute approximate surface area is 113 Å². The van der Waals surface area contributed by atoms with Crippen LogP contribution < -0.4 is 5.32 Å². The summed E-state index contributed by atoms with van der Waals surface area (Å²) in [6.45, 7) is 7.94. The fraction of sp³-hybridized carbons (Fsp3) is 0.765. The molecule has 0 aliphatic carbocycles. The first kappa shape index (κ1) is 13.9. The zero-order valence-electron chi connectivity index (χ0n) is 11.8. The maximum absolute atomic E-state index is 4.05. The minimum Gasteiger partial charge on any atom is -0.305 e. The summed E-state index contributed by atoms with van der Waals surface area (Å²) in [4.78, 5) is 0. The molecule has 0 aromatic carbocycles. The van der Waals surface area contributed by atoms with Crippen molar-refractivity contribution in [2.45, 2.75) is 81.7 Å². The second-order valence-corrected chi connectivity index (χ2v) is 6.44. The summed E-state index contributed by atoms with van der Waals surface area (Å²) in [5.74, 6) is 0. The molecule has 1 heteroatoms. The first-order chi connectivity index (χ1) is 8.74. The summed E-state index contributed by atoms with van der Waals surface area (Å²) in [6, 6.07) is 0. The van der Waals surface area contributed by atoms with E-state index in [4.69, 9.17) is 0 Å². The van der Waals surface area contributed by atoms with Gasteiger partial charge in [0.25, 0.3) is 0 Å². The zero-order chi connectivity index (χ0) is 12.9. The zero-order valence-corrected chi connectivity index (χ0v) is 11.8. The molecule has 2 saturated heterocycles. The molecule has 0 amide bonds. The average Bonchev–Trinajstić information content (AvgIpc) is 2.68. The Bertz CT molecular complexity index is 268. The van der Waals surface area contributed by atoms with Crippen molar-refractivity contribution in [1.82, 2.24) is 5.32 Å². The second-order valence-electron chi connectivity index (χ2n) is 6.44. The van der Waals surface area contributed by atoms with Crippen molar-refractivity contribution < 1.29 is 0 Å². The number of nitrogens with one attached hydrogen (secondary N) is 1. The van der Waals surface area contributed by atoms with Gasteiger partial charge >= 0.3 is 0 Å². The molecular weight excluding hydrogens is 218 g/mol. The van der Waals surface area contributed by atoms with Gasteiger partial charge in [0.1, 0.15) is 0 Å². The summed E-state index contributed by atoms with van der Waals surface area (Å²) in [5, 5.41) is 4.05. The molecule has 2 aliphatic heterocycles. The van der Waals surface area contributed by atoms with Gasteiger partial charge in [-0.2, -0.15) is 0 Å². The van der Waals surface area contributed by atoms with Crippen LogP contribution in [0.2, 0.25) is 0 Å². The Morgan fingerprint density at radius 1 is 0.722 bits per heavy atom. The topological polar surface area (TPSA) is 12.0 Å². The van der Waals surface area contributed by atoms with Crippen molar-refractivity contribution in [3.05, 3.63) is 25.3 Å². The third kappa shape index (κ3) is 3.06. The maximum Gasteiger partial charge on any atom is 0.0221 e. The maximum atomic E-state index is 4.05. The van der Waals surface area contributed by atoms with Gasteiger partial charge in [0, 0.05) is 11.1 Å². The normalized spacial score (nSPS) is 37.1. The van der Waals surface area contributed by atoms with Crippen LogP contribution in [-0.4, -0.2) is 11.1 Å². The number of hydrogen-bond donors (Lipinski definition) is 1. The van der Waals surface area contributed by atoms with Crippen molar-refractivity contribution in [1.29, 1.82) is 0 Å². The van der Waals surface area contributed by atoms with E-state index in [2.05, 4.69) is 30.6 Å². The average molecular weight is 247 g/mol.